The van der Waals surface area contributed by atoms with Crippen LogP contribution in [0.3, 0.4) is 0 Å². The minimum absolute atomic E-state index is 0.179. The molecule has 2 saturated heterocycles. The van der Waals surface area contributed by atoms with E-state index in [1.54, 1.807) is 0 Å². The summed E-state index contributed by atoms with van der Waals surface area (Å²) < 4.78 is 5.34. The summed E-state index contributed by atoms with van der Waals surface area (Å²) >= 11 is 0. The highest BCUT2D eigenvalue weighted by Crippen LogP contribution is 2.20. The third-order valence-electron chi connectivity index (χ3n) is 4.23. The highest BCUT2D eigenvalue weighted by Gasteiger charge is 2.35. The molecule has 0 N–H and O–H groups in total. The van der Waals surface area contributed by atoms with E-state index in [0.29, 0.717) is 12.6 Å². The summed E-state index contributed by atoms with van der Waals surface area (Å²) in [5.74, 6) is 0. The highest BCUT2D eigenvalue weighted by atomic mass is 16.6. The molecule has 2 heterocycles. The molecular formula is C16H22N2O2. The second-order valence-electron chi connectivity index (χ2n) is 5.70. The number of benzene rings is 1. The van der Waals surface area contributed by atoms with Crippen LogP contribution in [0.4, 0.5) is 4.79 Å². The Morgan fingerprint density at radius 2 is 1.80 bits per heavy atom. The summed E-state index contributed by atoms with van der Waals surface area (Å²) in [6, 6.07) is 10.4. The van der Waals surface area contributed by atoms with E-state index in [-0.39, 0.29) is 6.09 Å². The molecule has 0 radical (unpaired) electrons. The van der Waals surface area contributed by atoms with Gasteiger partial charge >= 0.3 is 6.09 Å². The Kier molecular flexibility index (Phi) is 4.21. The van der Waals surface area contributed by atoms with Gasteiger partial charge in [-0.3, -0.25) is 4.90 Å². The lowest BCUT2D eigenvalue weighted by Crippen LogP contribution is -2.61. The molecule has 4 nitrogen and oxygen atoms in total. The van der Waals surface area contributed by atoms with Crippen molar-refractivity contribution in [1.29, 1.82) is 0 Å². The molecule has 0 aromatic heterocycles. The average Bonchev–Trinajstić information content (AvgIpc) is 2.46. The molecule has 0 unspecified atom stereocenters. The lowest BCUT2D eigenvalue weighted by molar-refractivity contribution is 0.0122. The Labute approximate surface area is 120 Å². The van der Waals surface area contributed by atoms with Crippen LogP contribution in [0.15, 0.2) is 30.3 Å². The van der Waals surface area contributed by atoms with Crippen LogP contribution in [0.1, 0.15) is 24.8 Å². The second-order valence-corrected chi connectivity index (χ2v) is 5.70. The Morgan fingerprint density at radius 3 is 2.50 bits per heavy atom. The fourth-order valence-electron chi connectivity index (χ4n) is 2.93. The van der Waals surface area contributed by atoms with E-state index in [1.807, 2.05) is 35.2 Å². The number of amides is 1. The van der Waals surface area contributed by atoms with Crippen molar-refractivity contribution in [2.75, 3.05) is 26.2 Å². The van der Waals surface area contributed by atoms with Crippen LogP contribution < -0.4 is 0 Å². The largest absolute Gasteiger partial charge is 0.445 e. The van der Waals surface area contributed by atoms with Gasteiger partial charge < -0.3 is 9.64 Å². The first-order valence-electron chi connectivity index (χ1n) is 7.52. The molecule has 0 aliphatic carbocycles. The molecule has 20 heavy (non-hydrogen) atoms. The third kappa shape index (κ3) is 3.12. The van der Waals surface area contributed by atoms with Crippen LogP contribution in [-0.4, -0.2) is 48.1 Å². The van der Waals surface area contributed by atoms with Crippen molar-refractivity contribution in [3.8, 4) is 0 Å². The lowest BCUT2D eigenvalue weighted by Gasteiger charge is -2.45. The number of carbonyl (C=O) groups is 1. The number of hydrogen-bond acceptors (Lipinski definition) is 3. The molecule has 0 bridgehead atoms. The van der Waals surface area contributed by atoms with Crippen molar-refractivity contribution in [2.24, 2.45) is 0 Å². The number of nitrogens with zero attached hydrogens (tertiary/aromatic N) is 2. The molecule has 1 aromatic carbocycles. The van der Waals surface area contributed by atoms with Crippen LogP contribution in [0.25, 0.3) is 0 Å². The van der Waals surface area contributed by atoms with Gasteiger partial charge in [0.25, 0.3) is 0 Å². The average molecular weight is 274 g/mol. The number of rotatable bonds is 3. The first-order chi connectivity index (χ1) is 9.83. The van der Waals surface area contributed by atoms with Crippen LogP contribution in [0, 0.1) is 0 Å². The Hall–Kier alpha value is -1.55. The number of piperidine rings is 1. The quantitative estimate of drug-likeness (QED) is 0.849. The summed E-state index contributed by atoms with van der Waals surface area (Å²) in [5, 5.41) is 0. The van der Waals surface area contributed by atoms with E-state index < -0.39 is 0 Å². The van der Waals surface area contributed by atoms with Gasteiger partial charge in [0.15, 0.2) is 0 Å². The molecule has 3 rings (SSSR count). The Balaban J connectivity index is 1.39. The molecular weight excluding hydrogens is 252 g/mol. The Bertz CT molecular complexity index is 437. The van der Waals surface area contributed by atoms with E-state index in [0.717, 1.165) is 18.7 Å². The zero-order valence-electron chi connectivity index (χ0n) is 11.8. The number of ether oxygens (including phenoxy) is 1. The van der Waals surface area contributed by atoms with Crippen LogP contribution in [0.5, 0.6) is 0 Å². The van der Waals surface area contributed by atoms with Gasteiger partial charge in [-0.05, 0) is 31.5 Å². The van der Waals surface area contributed by atoms with E-state index in [9.17, 15) is 4.79 Å². The molecule has 1 amide bonds. The van der Waals surface area contributed by atoms with E-state index >= 15 is 0 Å². The van der Waals surface area contributed by atoms with Crippen molar-refractivity contribution in [3.05, 3.63) is 35.9 Å². The summed E-state index contributed by atoms with van der Waals surface area (Å²) in [6.07, 6.45) is 3.78. The van der Waals surface area contributed by atoms with E-state index in [2.05, 4.69) is 4.90 Å². The maximum absolute atomic E-state index is 11.9. The van der Waals surface area contributed by atoms with Crippen molar-refractivity contribution in [2.45, 2.75) is 31.9 Å². The van der Waals surface area contributed by atoms with E-state index in [1.165, 1.54) is 32.4 Å². The summed E-state index contributed by atoms with van der Waals surface area (Å²) in [7, 11) is 0. The molecule has 2 fully saturated rings. The van der Waals surface area contributed by atoms with Gasteiger partial charge in [-0.15, -0.1) is 0 Å². The van der Waals surface area contributed by atoms with Gasteiger partial charge in [0, 0.05) is 19.1 Å². The zero-order chi connectivity index (χ0) is 13.8. The minimum Gasteiger partial charge on any atom is -0.445 e. The van der Waals surface area contributed by atoms with Crippen LogP contribution in [-0.2, 0) is 11.3 Å². The lowest BCUT2D eigenvalue weighted by atomic mass is 10.0. The van der Waals surface area contributed by atoms with Gasteiger partial charge in [0.2, 0.25) is 0 Å². The molecule has 0 atom stereocenters. The van der Waals surface area contributed by atoms with Crippen molar-refractivity contribution < 1.29 is 9.53 Å². The number of carbonyl (C=O) groups excluding carboxylic acids is 1. The van der Waals surface area contributed by atoms with Gasteiger partial charge in [-0.1, -0.05) is 36.8 Å². The highest BCUT2D eigenvalue weighted by molar-refractivity contribution is 5.68. The normalized spacial score (nSPS) is 20.5. The monoisotopic (exact) mass is 274 g/mol. The SMILES string of the molecule is O=C(OCc1ccccc1)N1CC(N2CCCCC2)C1. The summed E-state index contributed by atoms with van der Waals surface area (Å²) in [6.45, 7) is 4.40. The van der Waals surface area contributed by atoms with Gasteiger partial charge in [-0.2, -0.15) is 0 Å². The predicted molar refractivity (Wildman–Crippen MR) is 77.4 cm³/mol. The van der Waals surface area contributed by atoms with Gasteiger partial charge in [-0.25, -0.2) is 4.79 Å². The molecule has 2 aliphatic rings. The van der Waals surface area contributed by atoms with Crippen molar-refractivity contribution in [3.63, 3.8) is 0 Å². The van der Waals surface area contributed by atoms with Crippen molar-refractivity contribution in [1.82, 2.24) is 9.80 Å². The third-order valence-corrected chi connectivity index (χ3v) is 4.23. The molecule has 1 aromatic rings. The fourth-order valence-corrected chi connectivity index (χ4v) is 2.93. The summed E-state index contributed by atoms with van der Waals surface area (Å²) in [4.78, 5) is 16.2. The standard InChI is InChI=1S/C16H22N2O2/c19-16(20-13-14-7-3-1-4-8-14)18-11-15(12-18)17-9-5-2-6-10-17/h1,3-4,7-8,15H,2,5-6,9-13H2. The molecule has 2 aliphatic heterocycles. The maximum Gasteiger partial charge on any atom is 0.410 e. The first-order valence-corrected chi connectivity index (χ1v) is 7.52. The smallest absolute Gasteiger partial charge is 0.410 e. The van der Waals surface area contributed by atoms with Gasteiger partial charge in [0.05, 0.1) is 0 Å². The van der Waals surface area contributed by atoms with Crippen LogP contribution >= 0.6 is 0 Å². The second kappa shape index (κ2) is 6.27. The van der Waals surface area contributed by atoms with Crippen molar-refractivity contribution >= 4 is 6.09 Å². The molecule has 4 heteroatoms. The first kappa shape index (κ1) is 13.4. The molecule has 0 saturated carbocycles. The molecule has 108 valence electrons. The zero-order valence-corrected chi connectivity index (χ0v) is 11.8. The minimum atomic E-state index is -0.179. The van der Waals surface area contributed by atoms with Gasteiger partial charge in [0.1, 0.15) is 6.61 Å². The maximum atomic E-state index is 11.9. The topological polar surface area (TPSA) is 32.8 Å². The van der Waals surface area contributed by atoms with E-state index in [4.69, 9.17) is 4.74 Å². The summed E-state index contributed by atoms with van der Waals surface area (Å²) in [5.41, 5.74) is 1.04. The predicted octanol–water partition coefficient (Wildman–Crippen LogP) is 2.49. The Morgan fingerprint density at radius 1 is 1.10 bits per heavy atom. The van der Waals surface area contributed by atoms with Crippen LogP contribution in [0.2, 0.25) is 0 Å². The number of hydrogen-bond donors (Lipinski definition) is 0. The fraction of sp³-hybridized carbons (Fsp3) is 0.562. The molecule has 0 spiro atoms. The number of likely N-dealkylation sites (tertiary alicyclic amines) is 2.